The van der Waals surface area contributed by atoms with Crippen LogP contribution in [0.4, 0.5) is 5.69 Å². The van der Waals surface area contributed by atoms with Crippen LogP contribution in [0.2, 0.25) is 10.0 Å². The number of nitrogens with zero attached hydrogens (tertiary/aromatic N) is 1. The first-order valence-corrected chi connectivity index (χ1v) is 11.4. The quantitative estimate of drug-likeness (QED) is 0.213. The van der Waals surface area contributed by atoms with Crippen molar-refractivity contribution in [2.45, 2.75) is 6.61 Å². The number of nitriles is 1. The molecule has 0 atom stereocenters. The number of halogens is 2. The van der Waals surface area contributed by atoms with E-state index >= 15 is 0 Å². The van der Waals surface area contributed by atoms with Gasteiger partial charge in [-0.25, -0.2) is 0 Å². The summed E-state index contributed by atoms with van der Waals surface area (Å²) in [6, 6.07) is 26.1. The smallest absolute Gasteiger partial charge is 0.266 e. The molecular formula is C28H20Cl2N2O3. The highest BCUT2D eigenvalue weighted by atomic mass is 35.5. The Kier molecular flexibility index (Phi) is 7.57. The average Bonchev–Trinajstić information content (AvgIpc) is 2.87. The number of hydrogen-bond acceptors (Lipinski definition) is 4. The molecular weight excluding hydrogens is 483 g/mol. The molecule has 0 saturated heterocycles. The number of methoxy groups -OCH3 is 1. The molecule has 0 aliphatic carbocycles. The number of carbonyl (C=O) groups is 1. The van der Waals surface area contributed by atoms with E-state index < -0.39 is 5.91 Å². The van der Waals surface area contributed by atoms with Gasteiger partial charge in [0.15, 0.2) is 11.5 Å². The van der Waals surface area contributed by atoms with Gasteiger partial charge in [0.25, 0.3) is 5.91 Å². The van der Waals surface area contributed by atoms with E-state index in [9.17, 15) is 10.1 Å². The van der Waals surface area contributed by atoms with Crippen LogP contribution < -0.4 is 14.8 Å². The molecule has 174 valence electrons. The van der Waals surface area contributed by atoms with Gasteiger partial charge in [-0.2, -0.15) is 5.26 Å². The molecule has 0 unspecified atom stereocenters. The van der Waals surface area contributed by atoms with Gasteiger partial charge < -0.3 is 14.8 Å². The lowest BCUT2D eigenvalue weighted by Gasteiger charge is -2.14. The summed E-state index contributed by atoms with van der Waals surface area (Å²) >= 11 is 12.6. The molecule has 4 aromatic rings. The summed E-state index contributed by atoms with van der Waals surface area (Å²) in [4.78, 5) is 12.6. The molecule has 0 saturated carbocycles. The number of amides is 1. The summed E-state index contributed by atoms with van der Waals surface area (Å²) in [5.41, 5.74) is 1.78. The Morgan fingerprint density at radius 2 is 1.71 bits per heavy atom. The van der Waals surface area contributed by atoms with E-state index in [1.807, 2.05) is 36.4 Å². The van der Waals surface area contributed by atoms with Crippen LogP contribution in [0.5, 0.6) is 11.5 Å². The van der Waals surface area contributed by atoms with Crippen LogP contribution >= 0.6 is 23.2 Å². The van der Waals surface area contributed by atoms with Crippen molar-refractivity contribution in [1.82, 2.24) is 0 Å². The van der Waals surface area contributed by atoms with E-state index in [1.165, 1.54) is 13.2 Å². The van der Waals surface area contributed by atoms with Gasteiger partial charge in [0, 0.05) is 0 Å². The van der Waals surface area contributed by atoms with Gasteiger partial charge in [0.2, 0.25) is 0 Å². The molecule has 0 radical (unpaired) electrons. The molecule has 0 fully saturated rings. The van der Waals surface area contributed by atoms with Crippen LogP contribution in [0, 0.1) is 11.3 Å². The Morgan fingerprint density at radius 3 is 2.46 bits per heavy atom. The lowest BCUT2D eigenvalue weighted by Crippen LogP contribution is -2.13. The second kappa shape index (κ2) is 11.0. The molecule has 0 aliphatic heterocycles. The molecule has 1 N–H and O–H groups in total. The van der Waals surface area contributed by atoms with E-state index in [0.717, 1.165) is 16.3 Å². The molecule has 35 heavy (non-hydrogen) atoms. The van der Waals surface area contributed by atoms with Crippen molar-refractivity contribution in [3.63, 3.8) is 0 Å². The number of fused-ring (bicyclic) bond motifs is 1. The first-order valence-electron chi connectivity index (χ1n) is 10.6. The fourth-order valence-electron chi connectivity index (χ4n) is 3.51. The van der Waals surface area contributed by atoms with Gasteiger partial charge in [0.1, 0.15) is 18.2 Å². The van der Waals surface area contributed by atoms with Gasteiger partial charge in [-0.05, 0) is 58.3 Å². The van der Waals surface area contributed by atoms with Crippen molar-refractivity contribution in [3.05, 3.63) is 106 Å². The predicted molar refractivity (Wildman–Crippen MR) is 140 cm³/mol. The van der Waals surface area contributed by atoms with E-state index in [4.69, 9.17) is 32.7 Å². The molecule has 7 heteroatoms. The summed E-state index contributed by atoms with van der Waals surface area (Å²) in [6.07, 6.45) is 1.42. The summed E-state index contributed by atoms with van der Waals surface area (Å²) < 4.78 is 11.5. The maximum Gasteiger partial charge on any atom is 0.266 e. The van der Waals surface area contributed by atoms with Crippen LogP contribution in [0.25, 0.3) is 16.8 Å². The van der Waals surface area contributed by atoms with Gasteiger partial charge >= 0.3 is 0 Å². The lowest BCUT2D eigenvalue weighted by atomic mass is 10.1. The van der Waals surface area contributed by atoms with Crippen molar-refractivity contribution in [1.29, 1.82) is 5.26 Å². The molecule has 0 aromatic heterocycles. The van der Waals surface area contributed by atoms with Crippen molar-refractivity contribution in [2.75, 3.05) is 12.4 Å². The minimum absolute atomic E-state index is 0.118. The van der Waals surface area contributed by atoms with Gasteiger partial charge in [-0.15, -0.1) is 0 Å². The van der Waals surface area contributed by atoms with Crippen LogP contribution in [0.15, 0.2) is 84.4 Å². The highest BCUT2D eigenvalue weighted by Crippen LogP contribution is 2.37. The van der Waals surface area contributed by atoms with Crippen LogP contribution in [0.3, 0.4) is 0 Å². The molecule has 5 nitrogen and oxygen atoms in total. The zero-order valence-electron chi connectivity index (χ0n) is 18.7. The summed E-state index contributed by atoms with van der Waals surface area (Å²) in [5.74, 6) is 0.166. The van der Waals surface area contributed by atoms with E-state index in [2.05, 4.69) is 17.4 Å². The number of anilines is 1. The zero-order valence-corrected chi connectivity index (χ0v) is 20.2. The largest absolute Gasteiger partial charge is 0.493 e. The molecule has 0 aliphatic rings. The van der Waals surface area contributed by atoms with Crippen molar-refractivity contribution in [3.8, 4) is 17.6 Å². The molecule has 4 rings (SSSR count). The van der Waals surface area contributed by atoms with Crippen molar-refractivity contribution in [2.24, 2.45) is 0 Å². The number of benzene rings is 4. The molecule has 0 heterocycles. The topological polar surface area (TPSA) is 71.3 Å². The van der Waals surface area contributed by atoms with E-state index in [1.54, 1.807) is 36.4 Å². The standard InChI is InChI=1S/C28H20Cl2N2O3/c1-34-26-15-19(13-22(16-31)28(33)32-25-9-5-4-8-23(25)29)14-24(30)27(26)35-17-18-10-11-20-6-2-3-7-21(20)12-18/h2-15H,17H2,1H3,(H,32,33)/b22-13+. The number of para-hydroxylation sites is 1. The SMILES string of the molecule is COc1cc(/C=C(\C#N)C(=O)Nc2ccccc2Cl)cc(Cl)c1OCc1ccc2ccccc2c1. The Hall–Kier alpha value is -3.98. The van der Waals surface area contributed by atoms with Crippen LogP contribution in [0.1, 0.15) is 11.1 Å². The lowest BCUT2D eigenvalue weighted by molar-refractivity contribution is -0.112. The molecule has 1 amide bonds. The second-order valence-electron chi connectivity index (χ2n) is 7.61. The Bertz CT molecular complexity index is 1480. The number of rotatable bonds is 7. The average molecular weight is 503 g/mol. The first-order chi connectivity index (χ1) is 17.0. The third-order valence-corrected chi connectivity index (χ3v) is 5.86. The van der Waals surface area contributed by atoms with Gasteiger partial charge in [-0.1, -0.05) is 71.7 Å². The van der Waals surface area contributed by atoms with Gasteiger partial charge in [0.05, 0.1) is 22.8 Å². The first kappa shape index (κ1) is 24.2. The van der Waals surface area contributed by atoms with E-state index in [-0.39, 0.29) is 5.57 Å². The maximum absolute atomic E-state index is 12.6. The Morgan fingerprint density at radius 1 is 0.971 bits per heavy atom. The summed E-state index contributed by atoms with van der Waals surface area (Å²) in [7, 11) is 1.50. The monoisotopic (exact) mass is 502 g/mol. The summed E-state index contributed by atoms with van der Waals surface area (Å²) in [5, 5.41) is 15.1. The second-order valence-corrected chi connectivity index (χ2v) is 8.42. The van der Waals surface area contributed by atoms with Crippen LogP contribution in [-0.2, 0) is 11.4 Å². The fraction of sp³-hybridized carbons (Fsp3) is 0.0714. The highest BCUT2D eigenvalue weighted by molar-refractivity contribution is 6.34. The zero-order chi connectivity index (χ0) is 24.8. The highest BCUT2D eigenvalue weighted by Gasteiger charge is 2.15. The third kappa shape index (κ3) is 5.75. The Balaban J connectivity index is 1.55. The summed E-state index contributed by atoms with van der Waals surface area (Å²) in [6.45, 7) is 0.291. The molecule has 0 spiro atoms. The van der Waals surface area contributed by atoms with Crippen LogP contribution in [-0.4, -0.2) is 13.0 Å². The maximum atomic E-state index is 12.6. The normalized spacial score (nSPS) is 11.1. The van der Waals surface area contributed by atoms with Crippen molar-refractivity contribution >= 4 is 51.6 Å². The number of nitrogens with one attached hydrogen (secondary N) is 1. The minimum atomic E-state index is -0.590. The minimum Gasteiger partial charge on any atom is -0.493 e. The number of ether oxygens (including phenoxy) is 2. The van der Waals surface area contributed by atoms with Crippen molar-refractivity contribution < 1.29 is 14.3 Å². The Labute approximate surface area is 213 Å². The molecule has 4 aromatic carbocycles. The third-order valence-electron chi connectivity index (χ3n) is 5.25. The predicted octanol–water partition coefficient (Wildman–Crippen LogP) is 7.28. The number of carbonyl (C=O) groups excluding carboxylic acids is 1. The van der Waals surface area contributed by atoms with Gasteiger partial charge in [-0.3, -0.25) is 4.79 Å². The van der Waals surface area contributed by atoms with E-state index in [0.29, 0.717) is 39.4 Å². The fourth-order valence-corrected chi connectivity index (χ4v) is 3.97. The molecule has 0 bridgehead atoms. The number of hydrogen-bond donors (Lipinski definition) is 1.